The van der Waals surface area contributed by atoms with Crippen molar-refractivity contribution in [2.45, 2.75) is 35.5 Å². The van der Waals surface area contributed by atoms with Gasteiger partial charge in [-0.05, 0) is 12.0 Å². The topological polar surface area (TPSA) is 64.8 Å². The van der Waals surface area contributed by atoms with Gasteiger partial charge in [-0.25, -0.2) is 18.1 Å². The molecular formula is C13H10F5N3O2S. The average Bonchev–Trinajstić information content (AvgIpc) is 3.07. The molecule has 0 aliphatic carbocycles. The third-order valence-electron chi connectivity index (χ3n) is 3.71. The molecular weight excluding hydrogens is 357 g/mol. The van der Waals surface area contributed by atoms with Gasteiger partial charge in [0.15, 0.2) is 0 Å². The molecule has 1 aliphatic rings. The van der Waals surface area contributed by atoms with Crippen molar-refractivity contribution < 1.29 is 30.4 Å². The van der Waals surface area contributed by atoms with Crippen molar-refractivity contribution in [3.8, 4) is 0 Å². The van der Waals surface area contributed by atoms with Gasteiger partial charge in [0.1, 0.15) is 5.82 Å². The second-order valence-corrected chi connectivity index (χ2v) is 7.12. The van der Waals surface area contributed by atoms with Gasteiger partial charge in [0, 0.05) is 6.42 Å². The van der Waals surface area contributed by atoms with Crippen molar-refractivity contribution in [1.29, 1.82) is 0 Å². The standard InChI is InChI=1S/C13H10F5N3O2S/c14-12(15,16)13(17,18)24(22,23)11-19-10-7-6-9(21(10)20-11)8-4-2-1-3-5-8/h1-5,9H,6-7H2. The fraction of sp³-hybridized carbons (Fsp3) is 0.385. The normalized spacial score (nSPS) is 18.6. The molecule has 0 spiro atoms. The zero-order valence-electron chi connectivity index (χ0n) is 11.8. The Morgan fingerprint density at radius 1 is 1.08 bits per heavy atom. The summed E-state index contributed by atoms with van der Waals surface area (Å²) in [5.41, 5.74) is 0.729. The van der Waals surface area contributed by atoms with Crippen molar-refractivity contribution in [1.82, 2.24) is 14.8 Å². The highest BCUT2D eigenvalue weighted by Crippen LogP contribution is 2.43. The lowest BCUT2D eigenvalue weighted by molar-refractivity contribution is -0.241. The maximum absolute atomic E-state index is 13.3. The monoisotopic (exact) mass is 367 g/mol. The molecule has 3 rings (SSSR count). The molecule has 0 bridgehead atoms. The maximum atomic E-state index is 13.3. The van der Waals surface area contributed by atoms with E-state index >= 15 is 0 Å². The summed E-state index contributed by atoms with van der Waals surface area (Å²) in [5.74, 6) is 0.0559. The van der Waals surface area contributed by atoms with Crippen molar-refractivity contribution in [2.24, 2.45) is 0 Å². The third-order valence-corrected chi connectivity index (χ3v) is 5.27. The van der Waals surface area contributed by atoms with Crippen LogP contribution in [0.25, 0.3) is 0 Å². The third kappa shape index (κ3) is 2.38. The SMILES string of the molecule is O=S(=O)(c1nc2n(n1)C(c1ccccc1)CC2)C(F)(F)C(F)(F)F. The number of hydrogen-bond acceptors (Lipinski definition) is 4. The summed E-state index contributed by atoms with van der Waals surface area (Å²) in [7, 11) is -6.08. The Labute approximate surface area is 133 Å². The minimum absolute atomic E-state index is 0.0559. The van der Waals surface area contributed by atoms with Crippen LogP contribution < -0.4 is 0 Å². The van der Waals surface area contributed by atoms with Gasteiger partial charge in [-0.3, -0.25) is 0 Å². The Morgan fingerprint density at radius 3 is 2.29 bits per heavy atom. The first-order valence-corrected chi connectivity index (χ1v) is 8.23. The smallest absolute Gasteiger partial charge is 0.241 e. The van der Waals surface area contributed by atoms with Crippen LogP contribution in [-0.2, 0) is 16.3 Å². The van der Waals surface area contributed by atoms with E-state index in [1.165, 1.54) is 0 Å². The fourth-order valence-electron chi connectivity index (χ4n) is 2.51. The summed E-state index contributed by atoms with van der Waals surface area (Å²) >= 11 is 0. The first-order valence-electron chi connectivity index (χ1n) is 6.75. The highest BCUT2D eigenvalue weighted by molar-refractivity contribution is 7.92. The van der Waals surface area contributed by atoms with E-state index in [1.807, 2.05) is 0 Å². The highest BCUT2D eigenvalue weighted by Gasteiger charge is 2.69. The number of aryl methyl sites for hydroxylation is 1. The van der Waals surface area contributed by atoms with Crippen LogP contribution >= 0.6 is 0 Å². The van der Waals surface area contributed by atoms with Gasteiger partial charge in [0.2, 0.25) is 0 Å². The second kappa shape index (κ2) is 5.23. The van der Waals surface area contributed by atoms with Gasteiger partial charge >= 0.3 is 11.4 Å². The molecule has 1 aromatic carbocycles. The van der Waals surface area contributed by atoms with Gasteiger partial charge in [0.05, 0.1) is 6.04 Å². The molecule has 0 saturated heterocycles. The number of alkyl halides is 5. The molecule has 2 aromatic rings. The summed E-state index contributed by atoms with van der Waals surface area (Å²) < 4.78 is 88.0. The van der Waals surface area contributed by atoms with Crippen LogP contribution in [0.5, 0.6) is 0 Å². The molecule has 0 saturated carbocycles. The summed E-state index contributed by atoms with van der Waals surface area (Å²) in [4.78, 5) is 3.40. The molecule has 11 heteroatoms. The number of nitrogens with zero attached hydrogens (tertiary/aromatic N) is 3. The number of sulfone groups is 1. The van der Waals surface area contributed by atoms with E-state index in [4.69, 9.17) is 0 Å². The van der Waals surface area contributed by atoms with Crippen molar-refractivity contribution in [3.05, 3.63) is 41.7 Å². The van der Waals surface area contributed by atoms with Crippen LogP contribution in [0.2, 0.25) is 0 Å². The summed E-state index contributed by atoms with van der Waals surface area (Å²) in [6, 6.07) is 8.18. The molecule has 1 unspecified atom stereocenters. The van der Waals surface area contributed by atoms with Gasteiger partial charge in [-0.1, -0.05) is 30.3 Å². The lowest BCUT2D eigenvalue weighted by Crippen LogP contribution is -2.44. The molecule has 1 aromatic heterocycles. The van der Waals surface area contributed by atoms with Gasteiger partial charge in [0.25, 0.3) is 15.0 Å². The van der Waals surface area contributed by atoms with Crippen molar-refractivity contribution >= 4 is 9.84 Å². The number of hydrogen-bond donors (Lipinski definition) is 0. The minimum atomic E-state index is -6.25. The van der Waals surface area contributed by atoms with E-state index < -0.39 is 32.5 Å². The van der Waals surface area contributed by atoms with E-state index in [1.54, 1.807) is 30.3 Å². The Bertz CT molecular complexity index is 861. The first-order chi connectivity index (χ1) is 11.1. The zero-order valence-corrected chi connectivity index (χ0v) is 12.7. The van der Waals surface area contributed by atoms with Crippen molar-refractivity contribution in [2.75, 3.05) is 0 Å². The number of aromatic nitrogens is 3. The molecule has 0 fully saturated rings. The van der Waals surface area contributed by atoms with Gasteiger partial charge in [-0.15, -0.1) is 5.10 Å². The van der Waals surface area contributed by atoms with Crippen LogP contribution in [0, 0.1) is 0 Å². The lowest BCUT2D eigenvalue weighted by Gasteiger charge is -2.17. The zero-order chi connectivity index (χ0) is 17.8. The largest absolute Gasteiger partial charge is 0.469 e. The molecule has 5 nitrogen and oxygen atoms in total. The second-order valence-electron chi connectivity index (χ2n) is 5.24. The van der Waals surface area contributed by atoms with Gasteiger partial charge in [-0.2, -0.15) is 22.0 Å². The van der Waals surface area contributed by atoms with Crippen LogP contribution in [0.4, 0.5) is 22.0 Å². The van der Waals surface area contributed by atoms with Crippen LogP contribution in [0.1, 0.15) is 23.9 Å². The number of rotatable bonds is 3. The fourth-order valence-corrected chi connectivity index (χ4v) is 3.46. The minimum Gasteiger partial charge on any atom is -0.241 e. The number of fused-ring (bicyclic) bond motifs is 1. The van der Waals surface area contributed by atoms with E-state index in [-0.39, 0.29) is 12.2 Å². The quantitative estimate of drug-likeness (QED) is 0.783. The van der Waals surface area contributed by atoms with Gasteiger partial charge < -0.3 is 0 Å². The highest BCUT2D eigenvalue weighted by atomic mass is 32.2. The van der Waals surface area contributed by atoms with E-state index in [0.717, 1.165) is 10.2 Å². The summed E-state index contributed by atoms with van der Waals surface area (Å²) in [5, 5.41) is -4.03. The average molecular weight is 367 g/mol. The molecule has 1 aliphatic heterocycles. The molecule has 24 heavy (non-hydrogen) atoms. The summed E-state index contributed by atoms with van der Waals surface area (Å²) in [6.45, 7) is 0. The summed E-state index contributed by atoms with van der Waals surface area (Å²) in [6.07, 6.45) is -5.53. The lowest BCUT2D eigenvalue weighted by atomic mass is 10.1. The van der Waals surface area contributed by atoms with Crippen LogP contribution in [0.3, 0.4) is 0 Å². The molecule has 0 radical (unpaired) electrons. The van der Waals surface area contributed by atoms with Crippen LogP contribution in [0.15, 0.2) is 35.5 Å². The van der Waals surface area contributed by atoms with E-state index in [9.17, 15) is 30.4 Å². The predicted octanol–water partition coefficient (Wildman–Crippen LogP) is 2.74. The Morgan fingerprint density at radius 2 is 1.71 bits per heavy atom. The van der Waals surface area contributed by atoms with Crippen molar-refractivity contribution in [3.63, 3.8) is 0 Å². The molecule has 0 amide bonds. The molecule has 130 valence electrons. The number of benzene rings is 1. The Hall–Kier alpha value is -2.04. The predicted molar refractivity (Wildman–Crippen MR) is 71.1 cm³/mol. The Kier molecular flexibility index (Phi) is 3.66. The maximum Gasteiger partial charge on any atom is 0.469 e. The molecule has 1 atom stereocenters. The Balaban J connectivity index is 2.03. The molecule has 2 heterocycles. The number of halogens is 5. The van der Waals surface area contributed by atoms with E-state index in [0.29, 0.717) is 6.42 Å². The first kappa shape index (κ1) is 16.8. The molecule has 0 N–H and O–H groups in total. The van der Waals surface area contributed by atoms with E-state index in [2.05, 4.69) is 10.1 Å². The van der Waals surface area contributed by atoms with Crippen LogP contribution in [-0.4, -0.2) is 34.6 Å².